The second kappa shape index (κ2) is 20.1. The molecule has 2 unspecified atom stereocenters. The van der Waals surface area contributed by atoms with Gasteiger partial charge in [-0.1, -0.05) is 24.3 Å². The normalized spacial score (nSPS) is 19.3. The Balaban J connectivity index is 1.22. The summed E-state index contributed by atoms with van der Waals surface area (Å²) in [6.45, 7) is 3.47. The van der Waals surface area contributed by atoms with Gasteiger partial charge in [0, 0.05) is 55.0 Å². The van der Waals surface area contributed by atoms with Crippen LogP contribution in [-0.2, 0) is 45.4 Å². The molecule has 5 rings (SSSR count). The zero-order chi connectivity index (χ0) is 40.1. The number of carbonyl (C=O) groups excluding carboxylic acids is 3. The lowest BCUT2D eigenvalue weighted by atomic mass is 9.89. The maximum absolute atomic E-state index is 15.7. The van der Waals surface area contributed by atoms with Gasteiger partial charge in [-0.05, 0) is 44.3 Å². The van der Waals surface area contributed by atoms with Gasteiger partial charge in [0.25, 0.3) is 0 Å². The smallest absolute Gasteiger partial charge is 0.428 e. The molecule has 298 valence electrons. The van der Waals surface area contributed by atoms with E-state index >= 15 is 4.39 Å². The van der Waals surface area contributed by atoms with E-state index in [1.165, 1.54) is 47.3 Å². The van der Waals surface area contributed by atoms with E-state index in [1.54, 1.807) is 30.1 Å². The second-order valence-corrected chi connectivity index (χ2v) is 14.6. The average molecular weight is 799 g/mol. The Bertz CT molecular complexity index is 1910. The first kappa shape index (κ1) is 41.9. The van der Waals surface area contributed by atoms with Crippen LogP contribution in [0, 0.1) is 28.8 Å². The van der Waals surface area contributed by atoms with Crippen LogP contribution in [0.1, 0.15) is 36.5 Å². The Hall–Kier alpha value is -5.22. The van der Waals surface area contributed by atoms with Gasteiger partial charge in [-0.15, -0.1) is 11.8 Å². The molecule has 1 aromatic heterocycles. The minimum absolute atomic E-state index is 0.0730. The molecule has 1 amide bonds. The fourth-order valence-corrected chi connectivity index (χ4v) is 7.30. The number of ether oxygens (including phenoxy) is 5. The van der Waals surface area contributed by atoms with Gasteiger partial charge in [-0.2, -0.15) is 10.4 Å². The number of rotatable bonds is 15. The van der Waals surface area contributed by atoms with E-state index in [4.69, 9.17) is 28.9 Å². The van der Waals surface area contributed by atoms with Crippen molar-refractivity contribution in [1.29, 1.82) is 5.26 Å². The molecule has 2 aromatic carbocycles. The van der Waals surface area contributed by atoms with Crippen LogP contribution in [-0.4, -0.2) is 113 Å². The molecule has 0 saturated carbocycles. The summed E-state index contributed by atoms with van der Waals surface area (Å²) >= 11 is 1.25. The first-order valence-corrected chi connectivity index (χ1v) is 18.6. The number of piperazine rings is 1. The standard InChI is InChI=1S/C38H41F3N6O8S/c1-26(56-30-20-51-36(52-21-30)6-4-3-5-28-8-7-27(19-42)17-32(28)40)38(22-47-24-43-23-44-47,31-10-9-29(39)18-33(31)41)55-37(50)54-25-53-35(49)12-11-34(48)46-15-13-45(2)14-16-46/h3-10,17-18,23-24,26,30,36H,11-16,20-22,25H2,1-2H3. The lowest BCUT2D eigenvalue weighted by molar-refractivity contribution is -0.157. The van der Waals surface area contributed by atoms with Gasteiger partial charge in [0.2, 0.25) is 12.7 Å². The summed E-state index contributed by atoms with van der Waals surface area (Å²) in [6.07, 6.45) is 6.61. The van der Waals surface area contributed by atoms with Crippen LogP contribution in [0.25, 0.3) is 6.08 Å². The number of halogens is 3. The molecule has 0 aliphatic carbocycles. The first-order valence-electron chi connectivity index (χ1n) is 17.6. The van der Waals surface area contributed by atoms with Crippen molar-refractivity contribution in [2.75, 3.05) is 53.2 Å². The van der Waals surface area contributed by atoms with Crippen LogP contribution in [0.2, 0.25) is 0 Å². The highest BCUT2D eigenvalue weighted by molar-refractivity contribution is 8.00. The van der Waals surface area contributed by atoms with E-state index in [0.29, 0.717) is 24.7 Å². The largest absolute Gasteiger partial charge is 0.512 e. The molecule has 2 aliphatic heterocycles. The molecular weight excluding hydrogens is 758 g/mol. The van der Waals surface area contributed by atoms with Crippen LogP contribution < -0.4 is 0 Å². The van der Waals surface area contributed by atoms with Crippen molar-refractivity contribution in [3.8, 4) is 6.07 Å². The van der Waals surface area contributed by atoms with E-state index < -0.39 is 53.5 Å². The Kier molecular flexibility index (Phi) is 15.0. The number of benzene rings is 2. The molecule has 2 fully saturated rings. The molecule has 56 heavy (non-hydrogen) atoms. The van der Waals surface area contributed by atoms with E-state index in [-0.39, 0.29) is 54.9 Å². The molecule has 0 spiro atoms. The highest BCUT2D eigenvalue weighted by Gasteiger charge is 2.47. The monoisotopic (exact) mass is 798 g/mol. The van der Waals surface area contributed by atoms with E-state index in [0.717, 1.165) is 31.3 Å². The van der Waals surface area contributed by atoms with Gasteiger partial charge in [0.1, 0.15) is 30.1 Å². The van der Waals surface area contributed by atoms with Gasteiger partial charge < -0.3 is 33.5 Å². The Labute approximate surface area is 325 Å². The summed E-state index contributed by atoms with van der Waals surface area (Å²) in [4.78, 5) is 45.9. The Morgan fingerprint density at radius 3 is 2.48 bits per heavy atom. The third-order valence-electron chi connectivity index (χ3n) is 9.04. The van der Waals surface area contributed by atoms with Crippen molar-refractivity contribution in [1.82, 2.24) is 24.6 Å². The summed E-state index contributed by atoms with van der Waals surface area (Å²) in [5.41, 5.74) is -1.57. The quantitative estimate of drug-likeness (QED) is 0.117. The summed E-state index contributed by atoms with van der Waals surface area (Å²) in [5.74, 6) is -3.35. The van der Waals surface area contributed by atoms with Crippen LogP contribution >= 0.6 is 11.8 Å². The van der Waals surface area contributed by atoms with Crippen molar-refractivity contribution in [3.63, 3.8) is 0 Å². The maximum Gasteiger partial charge on any atom is 0.512 e. The molecule has 3 aromatic rings. The molecular formula is C38H41F3N6O8S. The van der Waals surface area contributed by atoms with Crippen molar-refractivity contribution in [3.05, 3.63) is 101 Å². The number of likely N-dealkylation sites (N-methyl/N-ethyl adjacent to an activating group) is 1. The van der Waals surface area contributed by atoms with Crippen LogP contribution in [0.4, 0.5) is 18.0 Å². The molecule has 3 heterocycles. The Morgan fingerprint density at radius 1 is 1.04 bits per heavy atom. The van der Waals surface area contributed by atoms with Crippen molar-refractivity contribution in [2.24, 2.45) is 0 Å². The predicted molar refractivity (Wildman–Crippen MR) is 196 cm³/mol. The number of thioether (sulfide) groups is 1. The van der Waals surface area contributed by atoms with Crippen LogP contribution in [0.15, 0.2) is 67.3 Å². The number of amides is 1. The van der Waals surface area contributed by atoms with Crippen molar-refractivity contribution >= 4 is 35.9 Å². The number of carbonyl (C=O) groups is 3. The fraction of sp³-hybridized carbons (Fsp3) is 0.421. The van der Waals surface area contributed by atoms with Gasteiger partial charge in [-0.3, -0.25) is 9.59 Å². The van der Waals surface area contributed by atoms with Gasteiger partial charge >= 0.3 is 12.1 Å². The number of allylic oxidation sites excluding steroid dienone is 2. The zero-order valence-corrected chi connectivity index (χ0v) is 31.5. The number of hydrogen-bond donors (Lipinski definition) is 0. The maximum atomic E-state index is 15.7. The van der Waals surface area contributed by atoms with E-state index in [1.807, 2.05) is 13.1 Å². The van der Waals surface area contributed by atoms with Gasteiger partial charge in [0.05, 0.1) is 43.1 Å². The summed E-state index contributed by atoms with van der Waals surface area (Å²) < 4.78 is 73.1. The molecule has 2 aliphatic rings. The van der Waals surface area contributed by atoms with Crippen molar-refractivity contribution in [2.45, 2.75) is 48.7 Å². The molecule has 0 radical (unpaired) electrons. The highest BCUT2D eigenvalue weighted by atomic mass is 32.2. The highest BCUT2D eigenvalue weighted by Crippen LogP contribution is 2.42. The fourth-order valence-electron chi connectivity index (χ4n) is 5.94. The lowest BCUT2D eigenvalue weighted by Crippen LogP contribution is -2.47. The zero-order valence-electron chi connectivity index (χ0n) is 30.7. The van der Waals surface area contributed by atoms with Crippen molar-refractivity contribution < 1.29 is 51.2 Å². The number of hydrogen-bond acceptors (Lipinski definition) is 13. The average Bonchev–Trinajstić information content (AvgIpc) is 3.69. The molecule has 14 nitrogen and oxygen atoms in total. The molecule has 0 N–H and O–H groups in total. The first-order chi connectivity index (χ1) is 26.9. The second-order valence-electron chi connectivity index (χ2n) is 12.9. The van der Waals surface area contributed by atoms with E-state index in [9.17, 15) is 23.2 Å². The number of nitrogens with zero attached hydrogens (tertiary/aromatic N) is 6. The summed E-state index contributed by atoms with van der Waals surface area (Å²) in [6, 6.07) is 8.89. The SMILES string of the molecule is CC(SC1COC(C=CC=Cc2ccc(C#N)cc2F)OC1)C(Cn1cncn1)(OC(=O)OCOC(=O)CCC(=O)N1CCN(C)CC1)c1ccc(F)cc1F. The van der Waals surface area contributed by atoms with Crippen LogP contribution in [0.5, 0.6) is 0 Å². The summed E-state index contributed by atoms with van der Waals surface area (Å²) in [7, 11) is 1.96. The lowest BCUT2D eigenvalue weighted by Gasteiger charge is -2.40. The minimum atomic E-state index is -1.89. The topological polar surface area (TPSA) is 158 Å². The summed E-state index contributed by atoms with van der Waals surface area (Å²) in [5, 5.41) is 11.9. The van der Waals surface area contributed by atoms with E-state index in [2.05, 4.69) is 15.0 Å². The molecule has 2 saturated heterocycles. The number of nitriles is 1. The number of aromatic nitrogens is 3. The molecule has 2 atom stereocenters. The van der Waals surface area contributed by atoms with Gasteiger partial charge in [0.15, 0.2) is 11.9 Å². The predicted octanol–water partition coefficient (Wildman–Crippen LogP) is 4.80. The molecule has 18 heteroatoms. The minimum Gasteiger partial charge on any atom is -0.428 e. The Morgan fingerprint density at radius 2 is 1.80 bits per heavy atom. The third kappa shape index (κ3) is 11.6. The molecule has 0 bridgehead atoms. The third-order valence-corrected chi connectivity index (χ3v) is 10.5. The number of esters is 1. The van der Waals surface area contributed by atoms with Gasteiger partial charge in [-0.25, -0.2) is 27.6 Å². The van der Waals surface area contributed by atoms with Crippen LogP contribution in [0.3, 0.4) is 0 Å².